The van der Waals surface area contributed by atoms with Gasteiger partial charge in [-0.3, -0.25) is 0 Å². The van der Waals surface area contributed by atoms with Crippen molar-refractivity contribution < 1.29 is 4.74 Å². The van der Waals surface area contributed by atoms with E-state index in [4.69, 9.17) is 22.1 Å². The Labute approximate surface area is 113 Å². The minimum atomic E-state index is 0.466. The highest BCUT2D eigenvalue weighted by Gasteiger charge is 2.03. The monoisotopic (exact) mass is 311 g/mol. The second kappa shape index (κ2) is 5.43. The fraction of sp³-hybridized carbons (Fsp3) is 0.0769. The molecular weight excluding hydrogens is 302 g/mol. The number of halogens is 2. The van der Waals surface area contributed by atoms with E-state index in [-0.39, 0.29) is 0 Å². The normalized spacial score (nSPS) is 10.2. The maximum Gasteiger partial charge on any atom is 0.142 e. The molecule has 0 aliphatic carbocycles. The van der Waals surface area contributed by atoms with Crippen molar-refractivity contribution in [3.63, 3.8) is 0 Å². The number of nitrogens with two attached hydrogens (primary N) is 1. The van der Waals surface area contributed by atoms with Crippen molar-refractivity contribution >= 4 is 33.2 Å². The molecule has 0 radical (unpaired) electrons. The summed E-state index contributed by atoms with van der Waals surface area (Å²) in [6.45, 7) is 0.466. The first kappa shape index (κ1) is 12.3. The van der Waals surface area contributed by atoms with Crippen molar-refractivity contribution in [1.82, 2.24) is 0 Å². The fourth-order valence-corrected chi connectivity index (χ4v) is 2.00. The standard InChI is InChI=1S/C13H11BrClNO/c14-11-4-2-1-3-9(11)8-17-13-6-5-10(15)7-12(13)16/h1-7H,8,16H2. The van der Waals surface area contributed by atoms with Crippen molar-refractivity contribution in [1.29, 1.82) is 0 Å². The number of rotatable bonds is 3. The molecule has 88 valence electrons. The van der Waals surface area contributed by atoms with Crippen LogP contribution in [0.15, 0.2) is 46.9 Å². The summed E-state index contributed by atoms with van der Waals surface area (Å²) in [6.07, 6.45) is 0. The van der Waals surface area contributed by atoms with Crippen molar-refractivity contribution in [2.24, 2.45) is 0 Å². The number of anilines is 1. The van der Waals surface area contributed by atoms with E-state index in [1.165, 1.54) is 0 Å². The van der Waals surface area contributed by atoms with Gasteiger partial charge in [-0.25, -0.2) is 0 Å². The summed E-state index contributed by atoms with van der Waals surface area (Å²) in [5, 5.41) is 0.607. The van der Waals surface area contributed by atoms with E-state index in [0.29, 0.717) is 23.1 Å². The zero-order valence-corrected chi connectivity index (χ0v) is 11.3. The summed E-state index contributed by atoms with van der Waals surface area (Å²) in [7, 11) is 0. The van der Waals surface area contributed by atoms with Crippen LogP contribution < -0.4 is 10.5 Å². The van der Waals surface area contributed by atoms with Crippen LogP contribution in [0, 0.1) is 0 Å². The molecule has 0 aromatic heterocycles. The van der Waals surface area contributed by atoms with E-state index in [9.17, 15) is 0 Å². The van der Waals surface area contributed by atoms with Gasteiger partial charge in [0.25, 0.3) is 0 Å². The van der Waals surface area contributed by atoms with Crippen LogP contribution in [0.5, 0.6) is 5.75 Å². The van der Waals surface area contributed by atoms with E-state index in [1.54, 1.807) is 18.2 Å². The molecule has 0 aliphatic heterocycles. The number of benzene rings is 2. The highest BCUT2D eigenvalue weighted by molar-refractivity contribution is 9.10. The zero-order chi connectivity index (χ0) is 12.3. The van der Waals surface area contributed by atoms with Crippen LogP contribution in [0.1, 0.15) is 5.56 Å². The molecule has 0 saturated carbocycles. The molecule has 0 saturated heterocycles. The number of nitrogen functional groups attached to an aromatic ring is 1. The topological polar surface area (TPSA) is 35.2 Å². The van der Waals surface area contributed by atoms with Gasteiger partial charge in [-0.2, -0.15) is 0 Å². The summed E-state index contributed by atoms with van der Waals surface area (Å²) in [4.78, 5) is 0. The Balaban J connectivity index is 2.10. The smallest absolute Gasteiger partial charge is 0.142 e. The van der Waals surface area contributed by atoms with Gasteiger partial charge in [-0.15, -0.1) is 0 Å². The predicted octanol–water partition coefficient (Wildman–Crippen LogP) is 4.26. The lowest BCUT2D eigenvalue weighted by molar-refractivity contribution is 0.307. The van der Waals surface area contributed by atoms with E-state index < -0.39 is 0 Å². The average molecular weight is 313 g/mol. The molecule has 0 fully saturated rings. The molecule has 2 aromatic rings. The first-order valence-corrected chi connectivity index (χ1v) is 6.25. The van der Waals surface area contributed by atoms with Crippen molar-refractivity contribution in [2.45, 2.75) is 6.61 Å². The Morgan fingerprint density at radius 3 is 2.65 bits per heavy atom. The molecule has 0 aliphatic rings. The molecule has 2 rings (SSSR count). The summed E-state index contributed by atoms with van der Waals surface area (Å²) >= 11 is 9.28. The fourth-order valence-electron chi connectivity index (χ4n) is 1.42. The molecule has 0 unspecified atom stereocenters. The van der Waals surface area contributed by atoms with E-state index in [0.717, 1.165) is 10.0 Å². The third kappa shape index (κ3) is 3.14. The van der Waals surface area contributed by atoms with Gasteiger partial charge in [0.2, 0.25) is 0 Å². The summed E-state index contributed by atoms with van der Waals surface area (Å²) in [5.41, 5.74) is 7.42. The van der Waals surface area contributed by atoms with Crippen LogP contribution in [0.3, 0.4) is 0 Å². The van der Waals surface area contributed by atoms with E-state index in [2.05, 4.69) is 15.9 Å². The molecule has 2 N–H and O–H groups in total. The number of hydrogen-bond donors (Lipinski definition) is 1. The molecule has 0 bridgehead atoms. The summed E-state index contributed by atoms with van der Waals surface area (Å²) in [6, 6.07) is 13.1. The Bertz CT molecular complexity index is 531. The Hall–Kier alpha value is -1.19. The van der Waals surface area contributed by atoms with Gasteiger partial charge in [0.05, 0.1) is 5.69 Å². The van der Waals surface area contributed by atoms with Gasteiger partial charge in [0.15, 0.2) is 0 Å². The quantitative estimate of drug-likeness (QED) is 0.859. The SMILES string of the molecule is Nc1cc(Cl)ccc1OCc1ccccc1Br. The molecule has 0 spiro atoms. The maximum atomic E-state index is 5.82. The van der Waals surface area contributed by atoms with Gasteiger partial charge < -0.3 is 10.5 Å². The van der Waals surface area contributed by atoms with Crippen LogP contribution in [-0.2, 0) is 6.61 Å². The molecule has 2 aromatic carbocycles. The lowest BCUT2D eigenvalue weighted by Gasteiger charge is -2.10. The summed E-state index contributed by atoms with van der Waals surface area (Å²) < 4.78 is 6.67. The van der Waals surface area contributed by atoms with Crippen molar-refractivity contribution in [3.8, 4) is 5.75 Å². The third-order valence-electron chi connectivity index (χ3n) is 2.31. The van der Waals surface area contributed by atoms with Crippen LogP contribution in [0.4, 0.5) is 5.69 Å². The highest BCUT2D eigenvalue weighted by Crippen LogP contribution is 2.26. The van der Waals surface area contributed by atoms with Crippen LogP contribution in [0.25, 0.3) is 0 Å². The van der Waals surface area contributed by atoms with Crippen LogP contribution in [0.2, 0.25) is 5.02 Å². The van der Waals surface area contributed by atoms with Gasteiger partial charge >= 0.3 is 0 Å². The van der Waals surface area contributed by atoms with Gasteiger partial charge in [0, 0.05) is 15.1 Å². The van der Waals surface area contributed by atoms with E-state index >= 15 is 0 Å². The molecule has 4 heteroatoms. The maximum absolute atomic E-state index is 5.82. The predicted molar refractivity (Wildman–Crippen MR) is 74.3 cm³/mol. The lowest BCUT2D eigenvalue weighted by Crippen LogP contribution is -1.99. The molecular formula is C13H11BrClNO. The lowest BCUT2D eigenvalue weighted by atomic mass is 10.2. The minimum Gasteiger partial charge on any atom is -0.487 e. The Kier molecular flexibility index (Phi) is 3.92. The molecule has 0 atom stereocenters. The second-order valence-corrected chi connectivity index (χ2v) is 4.85. The van der Waals surface area contributed by atoms with Crippen molar-refractivity contribution in [2.75, 3.05) is 5.73 Å². The molecule has 2 nitrogen and oxygen atoms in total. The van der Waals surface area contributed by atoms with Gasteiger partial charge in [0.1, 0.15) is 12.4 Å². The van der Waals surface area contributed by atoms with Crippen molar-refractivity contribution in [3.05, 3.63) is 57.5 Å². The van der Waals surface area contributed by atoms with Crippen LogP contribution >= 0.6 is 27.5 Å². The van der Waals surface area contributed by atoms with E-state index in [1.807, 2.05) is 24.3 Å². The highest BCUT2D eigenvalue weighted by atomic mass is 79.9. The molecule has 17 heavy (non-hydrogen) atoms. The Morgan fingerprint density at radius 2 is 1.94 bits per heavy atom. The van der Waals surface area contributed by atoms with Crippen LogP contribution in [-0.4, -0.2) is 0 Å². The molecule has 0 amide bonds. The molecule has 0 heterocycles. The van der Waals surface area contributed by atoms with Gasteiger partial charge in [-0.05, 0) is 24.3 Å². The average Bonchev–Trinajstić information content (AvgIpc) is 2.30. The number of ether oxygens (including phenoxy) is 1. The Morgan fingerprint density at radius 1 is 1.18 bits per heavy atom. The number of hydrogen-bond acceptors (Lipinski definition) is 2. The minimum absolute atomic E-state index is 0.466. The summed E-state index contributed by atoms with van der Waals surface area (Å²) in [5.74, 6) is 0.644. The largest absolute Gasteiger partial charge is 0.487 e. The first-order chi connectivity index (χ1) is 8.16. The zero-order valence-electron chi connectivity index (χ0n) is 8.99. The second-order valence-electron chi connectivity index (χ2n) is 3.56. The first-order valence-electron chi connectivity index (χ1n) is 5.08. The third-order valence-corrected chi connectivity index (χ3v) is 3.32. The van der Waals surface area contributed by atoms with Gasteiger partial charge in [-0.1, -0.05) is 45.7 Å².